The summed E-state index contributed by atoms with van der Waals surface area (Å²) in [5.74, 6) is 0. The number of rotatable bonds is 4. The number of aromatic amines is 1. The van der Waals surface area contributed by atoms with Gasteiger partial charge in [-0.05, 0) is 24.3 Å². The van der Waals surface area contributed by atoms with Crippen molar-refractivity contribution in [2.75, 3.05) is 0 Å². The second kappa shape index (κ2) is 5.81. The number of fused-ring (bicyclic) bond motifs is 1. The van der Waals surface area contributed by atoms with Gasteiger partial charge in [-0.15, -0.1) is 11.3 Å². The van der Waals surface area contributed by atoms with E-state index in [1.807, 2.05) is 0 Å². The molecular formula is C13H10ClN3O3S2. The second-order valence-corrected chi connectivity index (χ2v) is 7.76. The molecule has 3 rings (SSSR count). The van der Waals surface area contributed by atoms with Crippen molar-refractivity contribution in [3.63, 3.8) is 0 Å². The third kappa shape index (κ3) is 3.05. The quantitative estimate of drug-likeness (QED) is 0.749. The minimum Gasteiger partial charge on any atom is -0.313 e. The van der Waals surface area contributed by atoms with Crippen LogP contribution in [-0.2, 0) is 16.6 Å². The highest BCUT2D eigenvalue weighted by Crippen LogP contribution is 2.21. The van der Waals surface area contributed by atoms with Crippen LogP contribution in [0.4, 0.5) is 0 Å². The SMILES string of the molecule is O=c1[nH]cnc2sc(CNS(=O)(=O)c3cccc(Cl)c3)cc12. The van der Waals surface area contributed by atoms with Gasteiger partial charge >= 0.3 is 0 Å². The number of benzene rings is 1. The summed E-state index contributed by atoms with van der Waals surface area (Å²) in [6.07, 6.45) is 1.32. The lowest BCUT2D eigenvalue weighted by Gasteiger charge is -2.05. The van der Waals surface area contributed by atoms with Crippen LogP contribution in [0.15, 0.2) is 46.3 Å². The smallest absolute Gasteiger partial charge is 0.259 e. The van der Waals surface area contributed by atoms with Crippen LogP contribution in [0.2, 0.25) is 5.02 Å². The average molecular weight is 356 g/mol. The highest BCUT2D eigenvalue weighted by atomic mass is 35.5. The van der Waals surface area contributed by atoms with Crippen molar-refractivity contribution < 1.29 is 8.42 Å². The summed E-state index contributed by atoms with van der Waals surface area (Å²) in [4.78, 5) is 19.5. The molecule has 1 aromatic carbocycles. The first-order valence-electron chi connectivity index (χ1n) is 6.17. The molecule has 2 aromatic heterocycles. The molecule has 0 unspecified atom stereocenters. The van der Waals surface area contributed by atoms with Gasteiger partial charge in [0, 0.05) is 16.4 Å². The van der Waals surface area contributed by atoms with Crippen LogP contribution in [0.5, 0.6) is 0 Å². The van der Waals surface area contributed by atoms with Crippen molar-refractivity contribution in [3.8, 4) is 0 Å². The van der Waals surface area contributed by atoms with Gasteiger partial charge in [0.15, 0.2) is 0 Å². The Kier molecular flexibility index (Phi) is 4.00. The molecule has 0 aliphatic carbocycles. The number of sulfonamides is 1. The predicted molar refractivity (Wildman–Crippen MR) is 85.7 cm³/mol. The minimum atomic E-state index is -3.66. The van der Waals surface area contributed by atoms with Gasteiger partial charge in [0.05, 0.1) is 16.6 Å². The first-order valence-corrected chi connectivity index (χ1v) is 8.85. The summed E-state index contributed by atoms with van der Waals surface area (Å²) in [6.45, 7) is 0.0787. The highest BCUT2D eigenvalue weighted by Gasteiger charge is 2.15. The van der Waals surface area contributed by atoms with Gasteiger partial charge in [0.1, 0.15) is 4.83 Å². The second-order valence-electron chi connectivity index (χ2n) is 4.45. The third-order valence-electron chi connectivity index (χ3n) is 2.93. The number of H-pyrrole nitrogens is 1. The standard InChI is InChI=1S/C13H10ClN3O3S2/c14-8-2-1-3-10(4-8)22(19,20)17-6-9-5-11-12(18)15-7-16-13(11)21-9/h1-5,7,17H,6H2,(H,15,16,18). The van der Waals surface area contributed by atoms with Crippen LogP contribution in [0, 0.1) is 0 Å². The Labute approximate surface area is 134 Å². The van der Waals surface area contributed by atoms with Gasteiger partial charge < -0.3 is 4.98 Å². The molecule has 0 atom stereocenters. The lowest BCUT2D eigenvalue weighted by atomic mass is 10.3. The molecule has 114 valence electrons. The molecule has 6 nitrogen and oxygen atoms in total. The fourth-order valence-electron chi connectivity index (χ4n) is 1.89. The lowest BCUT2D eigenvalue weighted by molar-refractivity contribution is 0.582. The first-order chi connectivity index (χ1) is 10.5. The van der Waals surface area contributed by atoms with Gasteiger partial charge in [0.25, 0.3) is 5.56 Å². The van der Waals surface area contributed by atoms with Crippen LogP contribution >= 0.6 is 22.9 Å². The molecule has 3 aromatic rings. The number of hydrogen-bond acceptors (Lipinski definition) is 5. The summed E-state index contributed by atoms with van der Waals surface area (Å²) in [5, 5.41) is 0.796. The largest absolute Gasteiger partial charge is 0.313 e. The molecule has 22 heavy (non-hydrogen) atoms. The maximum atomic E-state index is 12.2. The fourth-order valence-corrected chi connectivity index (χ4v) is 4.22. The van der Waals surface area contributed by atoms with Crippen LogP contribution < -0.4 is 10.3 Å². The molecule has 0 saturated carbocycles. The van der Waals surface area contributed by atoms with Crippen molar-refractivity contribution in [1.29, 1.82) is 0 Å². The predicted octanol–water partition coefficient (Wildman–Crippen LogP) is 2.12. The third-order valence-corrected chi connectivity index (χ3v) is 5.61. The maximum absolute atomic E-state index is 12.2. The Morgan fingerprint density at radius 1 is 1.32 bits per heavy atom. The number of hydrogen-bond donors (Lipinski definition) is 2. The Bertz CT molecular complexity index is 995. The van der Waals surface area contributed by atoms with E-state index < -0.39 is 10.0 Å². The fraction of sp³-hybridized carbons (Fsp3) is 0.0769. The van der Waals surface area contributed by atoms with E-state index in [9.17, 15) is 13.2 Å². The van der Waals surface area contributed by atoms with E-state index >= 15 is 0 Å². The van der Waals surface area contributed by atoms with Crippen molar-refractivity contribution in [3.05, 3.63) is 56.9 Å². The molecule has 0 fully saturated rings. The molecule has 0 aliphatic rings. The highest BCUT2D eigenvalue weighted by molar-refractivity contribution is 7.89. The van der Waals surface area contributed by atoms with Gasteiger partial charge in [-0.3, -0.25) is 4.79 Å². The van der Waals surface area contributed by atoms with Gasteiger partial charge in [-0.25, -0.2) is 18.1 Å². The van der Waals surface area contributed by atoms with E-state index in [1.165, 1.54) is 29.8 Å². The van der Waals surface area contributed by atoms with Crippen LogP contribution in [-0.4, -0.2) is 18.4 Å². The topological polar surface area (TPSA) is 91.9 Å². The van der Waals surface area contributed by atoms with Crippen molar-refractivity contribution in [2.45, 2.75) is 11.4 Å². The van der Waals surface area contributed by atoms with E-state index in [0.717, 1.165) is 0 Å². The molecule has 0 spiro atoms. The average Bonchev–Trinajstić information content (AvgIpc) is 2.90. The molecule has 9 heteroatoms. The van der Waals surface area contributed by atoms with Crippen LogP contribution in [0.1, 0.15) is 4.88 Å². The number of nitrogens with one attached hydrogen (secondary N) is 2. The zero-order chi connectivity index (χ0) is 15.7. The van der Waals surface area contributed by atoms with Crippen molar-refractivity contribution in [1.82, 2.24) is 14.7 Å². The van der Waals surface area contributed by atoms with E-state index in [-0.39, 0.29) is 17.0 Å². The van der Waals surface area contributed by atoms with Crippen LogP contribution in [0.25, 0.3) is 10.2 Å². The summed E-state index contributed by atoms with van der Waals surface area (Å²) in [5.41, 5.74) is -0.245. The van der Waals surface area contributed by atoms with Gasteiger partial charge in [0.2, 0.25) is 10.0 Å². The molecule has 0 amide bonds. The number of nitrogens with zero attached hydrogens (tertiary/aromatic N) is 1. The number of aromatic nitrogens is 2. The maximum Gasteiger partial charge on any atom is 0.259 e. The van der Waals surface area contributed by atoms with Crippen LogP contribution in [0.3, 0.4) is 0 Å². The van der Waals surface area contributed by atoms with Crippen molar-refractivity contribution in [2.24, 2.45) is 0 Å². The van der Waals surface area contributed by atoms with Gasteiger partial charge in [-0.2, -0.15) is 0 Å². The number of thiophene rings is 1. The van der Waals surface area contributed by atoms with Crippen molar-refractivity contribution >= 4 is 43.2 Å². The summed E-state index contributed by atoms with van der Waals surface area (Å²) in [7, 11) is -3.66. The molecule has 0 radical (unpaired) electrons. The molecule has 0 aliphatic heterocycles. The lowest BCUT2D eigenvalue weighted by Crippen LogP contribution is -2.22. The van der Waals surface area contributed by atoms with E-state index in [1.54, 1.807) is 18.2 Å². The van der Waals surface area contributed by atoms with Gasteiger partial charge in [-0.1, -0.05) is 17.7 Å². The first kappa shape index (κ1) is 15.2. The zero-order valence-corrected chi connectivity index (χ0v) is 13.4. The zero-order valence-electron chi connectivity index (χ0n) is 11.0. The Morgan fingerprint density at radius 2 is 2.14 bits per heavy atom. The molecule has 0 bridgehead atoms. The Balaban J connectivity index is 1.84. The Hall–Kier alpha value is -1.74. The summed E-state index contributed by atoms with van der Waals surface area (Å²) >= 11 is 7.07. The number of halogens is 1. The Morgan fingerprint density at radius 3 is 2.86 bits per heavy atom. The van der Waals surface area contributed by atoms with E-state index in [2.05, 4.69) is 14.7 Å². The van der Waals surface area contributed by atoms with E-state index in [4.69, 9.17) is 11.6 Å². The summed E-state index contributed by atoms with van der Waals surface area (Å²) in [6, 6.07) is 7.64. The van der Waals surface area contributed by atoms with E-state index in [0.29, 0.717) is 20.1 Å². The normalized spacial score (nSPS) is 11.9. The monoisotopic (exact) mass is 355 g/mol. The molecule has 2 heterocycles. The molecular weight excluding hydrogens is 346 g/mol. The molecule has 0 saturated heterocycles. The molecule has 2 N–H and O–H groups in total. The minimum absolute atomic E-state index is 0.0787. The summed E-state index contributed by atoms with van der Waals surface area (Å²) < 4.78 is 26.9.